The van der Waals surface area contributed by atoms with Gasteiger partial charge in [-0.05, 0) is 26.1 Å². The number of piperazine rings is 1. The zero-order valence-corrected chi connectivity index (χ0v) is 15.6. The molecule has 2 aliphatic rings. The van der Waals surface area contributed by atoms with Gasteiger partial charge in [0, 0.05) is 68.3 Å². The SMILES string of the molecule is Cc1ccc(CN2CCn3c(CN4CCN(C)CC4)cnc3C2)s1. The van der Waals surface area contributed by atoms with Crippen molar-refractivity contribution in [3.05, 3.63) is 39.6 Å². The largest absolute Gasteiger partial charge is 0.328 e. The van der Waals surface area contributed by atoms with E-state index in [4.69, 9.17) is 4.98 Å². The minimum Gasteiger partial charge on any atom is -0.328 e. The van der Waals surface area contributed by atoms with Crippen molar-refractivity contribution < 1.29 is 0 Å². The Balaban J connectivity index is 1.38. The molecular formula is C18H27N5S. The Labute approximate surface area is 148 Å². The molecule has 1 fully saturated rings. The van der Waals surface area contributed by atoms with Crippen LogP contribution in [0, 0.1) is 6.92 Å². The van der Waals surface area contributed by atoms with Crippen molar-refractivity contribution in [1.29, 1.82) is 0 Å². The van der Waals surface area contributed by atoms with E-state index < -0.39 is 0 Å². The number of thiophene rings is 1. The summed E-state index contributed by atoms with van der Waals surface area (Å²) in [7, 11) is 2.21. The lowest BCUT2D eigenvalue weighted by Gasteiger charge is -2.33. The minimum absolute atomic E-state index is 0.972. The van der Waals surface area contributed by atoms with Crippen molar-refractivity contribution in [2.24, 2.45) is 0 Å². The fraction of sp³-hybridized carbons (Fsp3) is 0.611. The van der Waals surface area contributed by atoms with E-state index in [1.165, 1.54) is 47.5 Å². The molecule has 6 heteroatoms. The summed E-state index contributed by atoms with van der Waals surface area (Å²) in [5, 5.41) is 0. The number of fused-ring (bicyclic) bond motifs is 1. The number of likely N-dealkylation sites (N-methyl/N-ethyl adjacent to an activating group) is 1. The number of hydrogen-bond donors (Lipinski definition) is 0. The van der Waals surface area contributed by atoms with Crippen LogP contribution < -0.4 is 0 Å². The van der Waals surface area contributed by atoms with Gasteiger partial charge in [0.1, 0.15) is 5.82 Å². The summed E-state index contributed by atoms with van der Waals surface area (Å²) in [6.07, 6.45) is 2.10. The Kier molecular flexibility index (Phi) is 4.72. The van der Waals surface area contributed by atoms with Crippen LogP contribution in [0.1, 0.15) is 21.3 Å². The van der Waals surface area contributed by atoms with Crippen molar-refractivity contribution in [3.63, 3.8) is 0 Å². The number of aryl methyl sites for hydroxylation is 1. The van der Waals surface area contributed by atoms with Gasteiger partial charge in [-0.1, -0.05) is 0 Å². The molecule has 4 rings (SSSR count). The molecule has 1 saturated heterocycles. The fourth-order valence-electron chi connectivity index (χ4n) is 3.66. The van der Waals surface area contributed by atoms with Crippen LogP contribution in [0.4, 0.5) is 0 Å². The molecule has 2 aliphatic heterocycles. The van der Waals surface area contributed by atoms with Crippen LogP contribution in [-0.4, -0.2) is 64.0 Å². The molecule has 0 bridgehead atoms. The molecule has 4 heterocycles. The molecule has 0 amide bonds. The molecule has 24 heavy (non-hydrogen) atoms. The van der Waals surface area contributed by atoms with Gasteiger partial charge in [-0.15, -0.1) is 11.3 Å². The molecule has 0 unspecified atom stereocenters. The topological polar surface area (TPSA) is 27.5 Å². The Hall–Kier alpha value is -1.21. The molecule has 0 spiro atoms. The summed E-state index contributed by atoms with van der Waals surface area (Å²) >= 11 is 1.91. The van der Waals surface area contributed by atoms with Crippen LogP contribution in [-0.2, 0) is 26.2 Å². The maximum atomic E-state index is 4.72. The van der Waals surface area contributed by atoms with Gasteiger partial charge in [0.2, 0.25) is 0 Å². The molecule has 0 aromatic carbocycles. The number of nitrogens with zero attached hydrogens (tertiary/aromatic N) is 5. The first kappa shape index (κ1) is 16.3. The Morgan fingerprint density at radius 1 is 1.00 bits per heavy atom. The predicted octanol–water partition coefficient (Wildman–Crippen LogP) is 2.02. The Morgan fingerprint density at radius 3 is 2.54 bits per heavy atom. The lowest BCUT2D eigenvalue weighted by molar-refractivity contribution is 0.143. The molecule has 0 N–H and O–H groups in total. The molecule has 0 aliphatic carbocycles. The number of imidazole rings is 1. The summed E-state index contributed by atoms with van der Waals surface area (Å²) in [4.78, 5) is 15.1. The second-order valence-corrected chi connectivity index (χ2v) is 8.49. The maximum absolute atomic E-state index is 4.72. The first-order valence-corrected chi connectivity index (χ1v) is 9.71. The van der Waals surface area contributed by atoms with E-state index in [0.717, 1.165) is 32.7 Å². The number of hydrogen-bond acceptors (Lipinski definition) is 5. The standard InChI is InChI=1S/C18H27N5S/c1-15-3-4-17(24-15)13-22-9-10-23-16(11-19-18(23)14-22)12-21-7-5-20(2)6-8-21/h3-4,11H,5-10,12-14H2,1-2H3. The summed E-state index contributed by atoms with van der Waals surface area (Å²) in [6, 6.07) is 4.49. The quantitative estimate of drug-likeness (QED) is 0.847. The van der Waals surface area contributed by atoms with Crippen molar-refractivity contribution in [2.75, 3.05) is 39.8 Å². The zero-order chi connectivity index (χ0) is 16.5. The second-order valence-electron chi connectivity index (χ2n) is 7.12. The lowest BCUT2D eigenvalue weighted by Crippen LogP contribution is -2.44. The van der Waals surface area contributed by atoms with Gasteiger partial charge in [-0.3, -0.25) is 9.80 Å². The smallest absolute Gasteiger partial charge is 0.123 e. The lowest BCUT2D eigenvalue weighted by atomic mass is 10.3. The highest BCUT2D eigenvalue weighted by Gasteiger charge is 2.22. The third-order valence-electron chi connectivity index (χ3n) is 5.18. The van der Waals surface area contributed by atoms with Crippen LogP contribution in [0.15, 0.2) is 18.3 Å². The van der Waals surface area contributed by atoms with Crippen LogP contribution in [0.25, 0.3) is 0 Å². The van der Waals surface area contributed by atoms with Gasteiger partial charge in [-0.25, -0.2) is 4.98 Å². The Bertz CT molecular complexity index is 683. The summed E-state index contributed by atoms with van der Waals surface area (Å²) in [6.45, 7) is 12.1. The highest BCUT2D eigenvalue weighted by Crippen LogP contribution is 2.21. The average molecular weight is 346 g/mol. The van der Waals surface area contributed by atoms with E-state index in [0.29, 0.717) is 0 Å². The van der Waals surface area contributed by atoms with Crippen molar-refractivity contribution in [3.8, 4) is 0 Å². The fourth-order valence-corrected chi connectivity index (χ4v) is 4.59. The van der Waals surface area contributed by atoms with Crippen molar-refractivity contribution in [1.82, 2.24) is 24.3 Å². The molecule has 5 nitrogen and oxygen atoms in total. The minimum atomic E-state index is 0.972. The van der Waals surface area contributed by atoms with E-state index in [2.05, 4.69) is 51.6 Å². The van der Waals surface area contributed by atoms with Gasteiger partial charge < -0.3 is 9.47 Å². The van der Waals surface area contributed by atoms with E-state index in [1.54, 1.807) is 0 Å². The van der Waals surface area contributed by atoms with E-state index in [-0.39, 0.29) is 0 Å². The Morgan fingerprint density at radius 2 is 1.79 bits per heavy atom. The van der Waals surface area contributed by atoms with E-state index in [1.807, 2.05) is 11.3 Å². The van der Waals surface area contributed by atoms with E-state index in [9.17, 15) is 0 Å². The molecule has 0 radical (unpaired) electrons. The number of rotatable bonds is 4. The van der Waals surface area contributed by atoms with Gasteiger partial charge in [0.05, 0.1) is 12.2 Å². The summed E-state index contributed by atoms with van der Waals surface area (Å²) in [5.41, 5.74) is 1.39. The predicted molar refractivity (Wildman–Crippen MR) is 98.2 cm³/mol. The van der Waals surface area contributed by atoms with E-state index >= 15 is 0 Å². The van der Waals surface area contributed by atoms with Gasteiger partial charge in [0.15, 0.2) is 0 Å². The summed E-state index contributed by atoms with van der Waals surface area (Å²) in [5.74, 6) is 1.23. The first-order valence-electron chi connectivity index (χ1n) is 8.89. The van der Waals surface area contributed by atoms with Crippen LogP contribution >= 0.6 is 11.3 Å². The van der Waals surface area contributed by atoms with Gasteiger partial charge >= 0.3 is 0 Å². The van der Waals surface area contributed by atoms with Crippen molar-refractivity contribution in [2.45, 2.75) is 33.1 Å². The molecule has 2 aromatic rings. The van der Waals surface area contributed by atoms with Crippen LogP contribution in [0.5, 0.6) is 0 Å². The zero-order valence-electron chi connectivity index (χ0n) is 14.7. The molecule has 0 atom stereocenters. The molecule has 0 saturated carbocycles. The molecular weight excluding hydrogens is 318 g/mol. The molecule has 130 valence electrons. The third kappa shape index (κ3) is 3.57. The second kappa shape index (κ2) is 6.96. The monoisotopic (exact) mass is 345 g/mol. The van der Waals surface area contributed by atoms with Gasteiger partial charge in [-0.2, -0.15) is 0 Å². The first-order chi connectivity index (χ1) is 11.7. The van der Waals surface area contributed by atoms with Crippen LogP contribution in [0.2, 0.25) is 0 Å². The van der Waals surface area contributed by atoms with Crippen molar-refractivity contribution >= 4 is 11.3 Å². The summed E-state index contributed by atoms with van der Waals surface area (Å²) < 4.78 is 2.45. The van der Waals surface area contributed by atoms with Crippen LogP contribution in [0.3, 0.4) is 0 Å². The highest BCUT2D eigenvalue weighted by atomic mass is 32.1. The average Bonchev–Trinajstić information content (AvgIpc) is 3.16. The highest BCUT2D eigenvalue weighted by molar-refractivity contribution is 7.11. The third-order valence-corrected chi connectivity index (χ3v) is 6.17. The molecule has 2 aromatic heterocycles. The normalized spacial score (nSPS) is 20.4. The number of aromatic nitrogens is 2. The van der Waals surface area contributed by atoms with Gasteiger partial charge in [0.25, 0.3) is 0 Å². The maximum Gasteiger partial charge on any atom is 0.123 e.